The summed E-state index contributed by atoms with van der Waals surface area (Å²) in [6, 6.07) is 12.5. The Labute approximate surface area is 144 Å². The number of rotatable bonds is 5. The molecule has 0 radical (unpaired) electrons. The molecular formula is C19H25NO3S. The van der Waals surface area contributed by atoms with Gasteiger partial charge in [0.25, 0.3) is 10.0 Å². The highest BCUT2D eigenvalue weighted by Gasteiger charge is 2.20. The van der Waals surface area contributed by atoms with E-state index in [4.69, 9.17) is 4.74 Å². The van der Waals surface area contributed by atoms with Crippen LogP contribution in [0.1, 0.15) is 38.8 Å². The third kappa shape index (κ3) is 4.09. The monoisotopic (exact) mass is 347 g/mol. The second-order valence-electron chi connectivity index (χ2n) is 6.77. The summed E-state index contributed by atoms with van der Waals surface area (Å²) in [6.07, 6.45) is 0.870. The van der Waals surface area contributed by atoms with Crippen molar-refractivity contribution in [3.8, 4) is 5.75 Å². The molecule has 0 saturated heterocycles. The Kier molecular flexibility index (Phi) is 5.23. The lowest BCUT2D eigenvalue weighted by Crippen LogP contribution is -2.16. The van der Waals surface area contributed by atoms with Gasteiger partial charge in [0.2, 0.25) is 0 Å². The van der Waals surface area contributed by atoms with Gasteiger partial charge in [0.1, 0.15) is 5.75 Å². The predicted molar refractivity (Wildman–Crippen MR) is 98.3 cm³/mol. The minimum Gasteiger partial charge on any atom is -0.495 e. The van der Waals surface area contributed by atoms with Crippen molar-refractivity contribution in [2.24, 2.45) is 0 Å². The Morgan fingerprint density at radius 2 is 1.67 bits per heavy atom. The van der Waals surface area contributed by atoms with E-state index in [1.54, 1.807) is 18.2 Å². The van der Waals surface area contributed by atoms with Gasteiger partial charge in [-0.3, -0.25) is 4.72 Å². The first-order chi connectivity index (χ1) is 11.2. The van der Waals surface area contributed by atoms with Crippen molar-refractivity contribution in [2.75, 3.05) is 11.8 Å². The Morgan fingerprint density at radius 3 is 2.17 bits per heavy atom. The fourth-order valence-electron chi connectivity index (χ4n) is 2.36. The van der Waals surface area contributed by atoms with Gasteiger partial charge < -0.3 is 4.74 Å². The van der Waals surface area contributed by atoms with Gasteiger partial charge in [0, 0.05) is 0 Å². The zero-order valence-corrected chi connectivity index (χ0v) is 15.7. The van der Waals surface area contributed by atoms with E-state index in [1.807, 2.05) is 31.2 Å². The average molecular weight is 347 g/mol. The Hall–Kier alpha value is -2.01. The molecule has 1 N–H and O–H groups in total. The van der Waals surface area contributed by atoms with Crippen LogP contribution in [0.25, 0.3) is 0 Å². The highest BCUT2D eigenvalue weighted by molar-refractivity contribution is 7.92. The van der Waals surface area contributed by atoms with Crippen molar-refractivity contribution in [3.63, 3.8) is 0 Å². The third-order valence-corrected chi connectivity index (χ3v) is 5.33. The molecule has 24 heavy (non-hydrogen) atoms. The van der Waals surface area contributed by atoms with E-state index >= 15 is 0 Å². The Balaban J connectivity index is 2.40. The lowest BCUT2D eigenvalue weighted by molar-refractivity contribution is 0.416. The molecule has 0 atom stereocenters. The van der Waals surface area contributed by atoms with Crippen LogP contribution >= 0.6 is 0 Å². The lowest BCUT2D eigenvalue weighted by Gasteiger charge is -2.21. The molecule has 0 aliphatic heterocycles. The molecule has 5 heteroatoms. The largest absolute Gasteiger partial charge is 0.495 e. The van der Waals surface area contributed by atoms with E-state index in [-0.39, 0.29) is 10.3 Å². The highest BCUT2D eigenvalue weighted by Crippen LogP contribution is 2.32. The maximum Gasteiger partial charge on any atom is 0.262 e. The van der Waals surface area contributed by atoms with Gasteiger partial charge >= 0.3 is 0 Å². The zero-order valence-electron chi connectivity index (χ0n) is 14.9. The summed E-state index contributed by atoms with van der Waals surface area (Å²) >= 11 is 0. The van der Waals surface area contributed by atoms with Gasteiger partial charge in [-0.25, -0.2) is 8.42 Å². The summed E-state index contributed by atoms with van der Waals surface area (Å²) in [5.41, 5.74) is 2.49. The predicted octanol–water partition coefficient (Wildman–Crippen LogP) is 4.36. The number of anilines is 1. The normalized spacial score (nSPS) is 12.0. The van der Waals surface area contributed by atoms with Gasteiger partial charge in [0.05, 0.1) is 17.7 Å². The molecule has 0 saturated carbocycles. The smallest absolute Gasteiger partial charge is 0.262 e. The molecule has 0 aromatic heterocycles. The summed E-state index contributed by atoms with van der Waals surface area (Å²) in [4.78, 5) is 0.239. The second-order valence-corrected chi connectivity index (χ2v) is 8.45. The Bertz CT molecular complexity index is 803. The summed E-state index contributed by atoms with van der Waals surface area (Å²) in [6.45, 7) is 8.27. The first kappa shape index (κ1) is 18.3. The number of ether oxygens (including phenoxy) is 1. The van der Waals surface area contributed by atoms with Gasteiger partial charge in [0.15, 0.2) is 0 Å². The number of methoxy groups -OCH3 is 1. The SMILES string of the molecule is CCc1ccc(S(=O)(=O)Nc2cc(C(C)(C)C)ccc2OC)cc1. The number of benzene rings is 2. The zero-order chi connectivity index (χ0) is 18.0. The molecule has 0 heterocycles. The van der Waals surface area contributed by atoms with Crippen LogP contribution in [0.5, 0.6) is 5.75 Å². The van der Waals surface area contributed by atoms with Crippen molar-refractivity contribution in [1.82, 2.24) is 0 Å². The first-order valence-corrected chi connectivity index (χ1v) is 9.46. The van der Waals surface area contributed by atoms with Crippen LogP contribution in [0.2, 0.25) is 0 Å². The van der Waals surface area contributed by atoms with Crippen molar-refractivity contribution < 1.29 is 13.2 Å². The molecule has 0 unspecified atom stereocenters. The number of hydrogen-bond donors (Lipinski definition) is 1. The van der Waals surface area contributed by atoms with Crippen molar-refractivity contribution in [3.05, 3.63) is 53.6 Å². The summed E-state index contributed by atoms with van der Waals surface area (Å²) in [5, 5.41) is 0. The summed E-state index contributed by atoms with van der Waals surface area (Å²) in [7, 11) is -2.14. The molecule has 4 nitrogen and oxygen atoms in total. The van der Waals surface area contributed by atoms with Crippen LogP contribution in [0.15, 0.2) is 47.4 Å². The quantitative estimate of drug-likeness (QED) is 0.874. The molecule has 0 fully saturated rings. The lowest BCUT2D eigenvalue weighted by atomic mass is 9.87. The fourth-order valence-corrected chi connectivity index (χ4v) is 3.42. The van der Waals surface area contributed by atoms with Crippen molar-refractivity contribution >= 4 is 15.7 Å². The molecule has 0 aliphatic carbocycles. The average Bonchev–Trinajstić information content (AvgIpc) is 2.53. The number of sulfonamides is 1. The van der Waals surface area contributed by atoms with Crippen molar-refractivity contribution in [2.45, 2.75) is 44.4 Å². The van der Waals surface area contributed by atoms with Crippen LogP contribution in [0, 0.1) is 0 Å². The maximum atomic E-state index is 12.7. The highest BCUT2D eigenvalue weighted by atomic mass is 32.2. The van der Waals surface area contributed by atoms with Crippen LogP contribution < -0.4 is 9.46 Å². The number of hydrogen-bond acceptors (Lipinski definition) is 3. The molecule has 0 bridgehead atoms. The van der Waals surface area contributed by atoms with E-state index in [0.717, 1.165) is 17.5 Å². The molecule has 0 spiro atoms. The van der Waals surface area contributed by atoms with Gasteiger partial charge in [-0.15, -0.1) is 0 Å². The van der Waals surface area contributed by atoms with Gasteiger partial charge in [-0.2, -0.15) is 0 Å². The van der Waals surface area contributed by atoms with E-state index in [1.165, 1.54) is 7.11 Å². The number of aryl methyl sites for hydroxylation is 1. The van der Waals surface area contributed by atoms with Crippen LogP contribution in [-0.4, -0.2) is 15.5 Å². The summed E-state index contributed by atoms with van der Waals surface area (Å²) in [5.74, 6) is 0.497. The third-order valence-electron chi connectivity index (χ3n) is 3.95. The minimum absolute atomic E-state index is 0.0881. The van der Waals surface area contributed by atoms with Crippen LogP contribution in [-0.2, 0) is 21.9 Å². The van der Waals surface area contributed by atoms with Gasteiger partial charge in [-0.1, -0.05) is 45.9 Å². The Morgan fingerprint density at radius 1 is 1.04 bits per heavy atom. The first-order valence-electron chi connectivity index (χ1n) is 7.97. The van der Waals surface area contributed by atoms with E-state index in [9.17, 15) is 8.42 Å². The second kappa shape index (κ2) is 6.85. The number of nitrogens with one attached hydrogen (secondary N) is 1. The van der Waals surface area contributed by atoms with Crippen molar-refractivity contribution in [1.29, 1.82) is 0 Å². The molecular weight excluding hydrogens is 322 g/mol. The molecule has 0 amide bonds. The molecule has 0 aliphatic rings. The molecule has 2 rings (SSSR count). The molecule has 2 aromatic carbocycles. The fraction of sp³-hybridized carbons (Fsp3) is 0.368. The maximum absolute atomic E-state index is 12.7. The molecule has 2 aromatic rings. The van der Waals surface area contributed by atoms with E-state index in [2.05, 4.69) is 25.5 Å². The standard InChI is InChI=1S/C19H25NO3S/c1-6-14-7-10-16(11-8-14)24(21,22)20-17-13-15(19(2,3)4)9-12-18(17)23-5/h7-13,20H,6H2,1-5H3. The van der Waals surface area contributed by atoms with Crippen LogP contribution in [0.3, 0.4) is 0 Å². The minimum atomic E-state index is -3.66. The van der Waals surface area contributed by atoms with Crippen LogP contribution in [0.4, 0.5) is 5.69 Å². The van der Waals surface area contributed by atoms with Gasteiger partial charge in [-0.05, 0) is 47.2 Å². The molecule has 130 valence electrons. The van der Waals surface area contributed by atoms with E-state index in [0.29, 0.717) is 11.4 Å². The topological polar surface area (TPSA) is 55.4 Å². The summed E-state index contributed by atoms with van der Waals surface area (Å²) < 4.78 is 33.3. The van der Waals surface area contributed by atoms with E-state index < -0.39 is 10.0 Å².